The zero-order valence-electron chi connectivity index (χ0n) is 9.18. The second kappa shape index (κ2) is 5.25. The van der Waals surface area contributed by atoms with E-state index in [0.29, 0.717) is 12.1 Å². The molecule has 2 rings (SSSR count). The van der Waals surface area contributed by atoms with Gasteiger partial charge in [-0.05, 0) is 46.1 Å². The number of nitrogens with two attached hydrogens (primary N) is 2. The van der Waals surface area contributed by atoms with Crippen LogP contribution in [0.25, 0.3) is 0 Å². The number of hydrogen-bond donors (Lipinski definition) is 2. The maximum absolute atomic E-state index is 6.12. The van der Waals surface area contributed by atoms with Crippen LogP contribution in [0.4, 0.5) is 5.69 Å². The molecule has 0 fully saturated rings. The van der Waals surface area contributed by atoms with Crippen LogP contribution in [0, 0.1) is 0 Å². The summed E-state index contributed by atoms with van der Waals surface area (Å²) in [5.41, 5.74) is 14.5. The van der Waals surface area contributed by atoms with Gasteiger partial charge in [0.15, 0.2) is 0 Å². The first-order valence-electron chi connectivity index (χ1n) is 5.23. The van der Waals surface area contributed by atoms with Gasteiger partial charge in [0, 0.05) is 28.8 Å². The van der Waals surface area contributed by atoms with Gasteiger partial charge >= 0.3 is 0 Å². The Hall–Kier alpha value is -1.46. The van der Waals surface area contributed by atoms with Gasteiger partial charge in [0.1, 0.15) is 0 Å². The highest BCUT2D eigenvalue weighted by molar-refractivity contribution is 9.10. The molecule has 0 aliphatic carbocycles. The minimum absolute atomic E-state index is 0.197. The number of nitrogens with zero attached hydrogens (tertiary/aromatic N) is 2. The maximum Gasteiger partial charge on any atom is 0.0716 e. The van der Waals surface area contributed by atoms with Crippen molar-refractivity contribution >= 4 is 21.6 Å². The molecule has 17 heavy (non-hydrogen) atoms. The number of pyridine rings is 2. The van der Waals surface area contributed by atoms with Crippen molar-refractivity contribution < 1.29 is 0 Å². The minimum atomic E-state index is -0.197. The van der Waals surface area contributed by atoms with Crippen LogP contribution in [0.1, 0.15) is 17.3 Å². The summed E-state index contributed by atoms with van der Waals surface area (Å²) in [6.07, 6.45) is 5.76. The lowest BCUT2D eigenvalue weighted by Crippen LogP contribution is -2.16. The number of rotatable bonds is 3. The van der Waals surface area contributed by atoms with E-state index in [1.807, 2.05) is 12.1 Å². The molecular weight excluding hydrogens is 280 g/mol. The molecular formula is C12H13BrN4. The number of nitrogen functional groups attached to an aromatic ring is 1. The summed E-state index contributed by atoms with van der Waals surface area (Å²) in [7, 11) is 0. The molecule has 4 N–H and O–H groups in total. The van der Waals surface area contributed by atoms with Gasteiger partial charge in [0.2, 0.25) is 0 Å². The molecule has 1 unspecified atom stereocenters. The van der Waals surface area contributed by atoms with Gasteiger partial charge in [0.05, 0.1) is 11.7 Å². The fourth-order valence-corrected chi connectivity index (χ4v) is 2.16. The summed E-state index contributed by atoms with van der Waals surface area (Å²) >= 11 is 3.44. The fraction of sp³-hybridized carbons (Fsp3) is 0.167. The Labute approximate surface area is 108 Å². The largest absolute Gasteiger partial charge is 0.398 e. The predicted molar refractivity (Wildman–Crippen MR) is 71.2 cm³/mol. The van der Waals surface area contributed by atoms with Crippen molar-refractivity contribution in [2.24, 2.45) is 5.73 Å². The number of aromatic nitrogens is 2. The molecule has 2 heterocycles. The van der Waals surface area contributed by atoms with Crippen LogP contribution < -0.4 is 11.5 Å². The van der Waals surface area contributed by atoms with Gasteiger partial charge in [-0.2, -0.15) is 0 Å². The molecule has 0 bridgehead atoms. The van der Waals surface area contributed by atoms with Crippen molar-refractivity contribution in [2.45, 2.75) is 12.5 Å². The molecule has 5 heteroatoms. The van der Waals surface area contributed by atoms with E-state index in [1.54, 1.807) is 24.7 Å². The molecule has 0 saturated carbocycles. The first-order valence-corrected chi connectivity index (χ1v) is 6.02. The summed E-state index contributed by atoms with van der Waals surface area (Å²) in [6, 6.07) is 5.36. The SMILES string of the molecule is Nc1ccncc1CC(N)c1ncccc1Br. The van der Waals surface area contributed by atoms with E-state index in [9.17, 15) is 0 Å². The van der Waals surface area contributed by atoms with E-state index in [-0.39, 0.29) is 6.04 Å². The zero-order valence-corrected chi connectivity index (χ0v) is 10.8. The lowest BCUT2D eigenvalue weighted by molar-refractivity contribution is 0.692. The van der Waals surface area contributed by atoms with E-state index >= 15 is 0 Å². The van der Waals surface area contributed by atoms with Crippen LogP contribution in [0.3, 0.4) is 0 Å². The molecule has 0 aromatic carbocycles. The van der Waals surface area contributed by atoms with Crippen LogP contribution in [0.15, 0.2) is 41.3 Å². The monoisotopic (exact) mass is 292 g/mol. The minimum Gasteiger partial charge on any atom is -0.398 e. The third-order valence-corrected chi connectivity index (χ3v) is 3.19. The van der Waals surface area contributed by atoms with Crippen molar-refractivity contribution in [3.63, 3.8) is 0 Å². The Morgan fingerprint density at radius 3 is 2.82 bits per heavy atom. The summed E-state index contributed by atoms with van der Waals surface area (Å²) in [5, 5.41) is 0. The molecule has 0 aliphatic rings. The Balaban J connectivity index is 2.20. The second-order valence-corrected chi connectivity index (χ2v) is 4.61. The third-order valence-electron chi connectivity index (χ3n) is 2.52. The van der Waals surface area contributed by atoms with Crippen molar-refractivity contribution in [1.29, 1.82) is 0 Å². The van der Waals surface area contributed by atoms with E-state index in [4.69, 9.17) is 11.5 Å². The van der Waals surface area contributed by atoms with Crippen molar-refractivity contribution in [3.05, 3.63) is 52.5 Å². The zero-order chi connectivity index (χ0) is 12.3. The van der Waals surface area contributed by atoms with Gasteiger partial charge < -0.3 is 11.5 Å². The predicted octanol–water partition coefficient (Wildman–Crippen LogP) is 2.06. The molecule has 0 saturated heterocycles. The van der Waals surface area contributed by atoms with Gasteiger partial charge in [-0.15, -0.1) is 0 Å². The molecule has 0 radical (unpaired) electrons. The molecule has 0 aliphatic heterocycles. The van der Waals surface area contributed by atoms with Gasteiger partial charge in [-0.25, -0.2) is 0 Å². The quantitative estimate of drug-likeness (QED) is 0.908. The molecule has 0 spiro atoms. The lowest BCUT2D eigenvalue weighted by Gasteiger charge is -2.13. The molecule has 1 atom stereocenters. The van der Waals surface area contributed by atoms with Crippen LogP contribution in [-0.4, -0.2) is 9.97 Å². The van der Waals surface area contributed by atoms with E-state index < -0.39 is 0 Å². The average molecular weight is 293 g/mol. The first-order chi connectivity index (χ1) is 8.18. The number of hydrogen-bond acceptors (Lipinski definition) is 4. The Morgan fingerprint density at radius 1 is 1.29 bits per heavy atom. The Morgan fingerprint density at radius 2 is 2.12 bits per heavy atom. The first kappa shape index (κ1) is 12.0. The average Bonchev–Trinajstić information content (AvgIpc) is 2.32. The van der Waals surface area contributed by atoms with Crippen LogP contribution >= 0.6 is 15.9 Å². The third kappa shape index (κ3) is 2.81. The summed E-state index contributed by atoms with van der Waals surface area (Å²) < 4.78 is 0.912. The standard InChI is InChI=1S/C12H13BrN4/c13-9-2-1-4-17-12(9)11(15)6-8-7-16-5-3-10(8)14/h1-5,7,11H,6,15H2,(H2,14,16). The van der Waals surface area contributed by atoms with Crippen molar-refractivity contribution in [2.75, 3.05) is 5.73 Å². The molecule has 0 amide bonds. The normalized spacial score (nSPS) is 12.4. The molecule has 2 aromatic heterocycles. The molecule has 4 nitrogen and oxygen atoms in total. The second-order valence-electron chi connectivity index (χ2n) is 3.76. The van der Waals surface area contributed by atoms with Crippen LogP contribution in [0.2, 0.25) is 0 Å². The smallest absolute Gasteiger partial charge is 0.0716 e. The molecule has 2 aromatic rings. The highest BCUT2D eigenvalue weighted by Crippen LogP contribution is 2.23. The van der Waals surface area contributed by atoms with Crippen molar-refractivity contribution in [1.82, 2.24) is 9.97 Å². The van der Waals surface area contributed by atoms with Crippen LogP contribution in [-0.2, 0) is 6.42 Å². The summed E-state index contributed by atoms with van der Waals surface area (Å²) in [4.78, 5) is 8.32. The maximum atomic E-state index is 6.12. The number of halogens is 1. The fourth-order valence-electron chi connectivity index (χ4n) is 1.61. The van der Waals surface area contributed by atoms with Crippen molar-refractivity contribution in [3.8, 4) is 0 Å². The van der Waals surface area contributed by atoms with E-state index in [2.05, 4.69) is 25.9 Å². The van der Waals surface area contributed by atoms with E-state index in [1.165, 1.54) is 0 Å². The Bertz CT molecular complexity index is 515. The number of anilines is 1. The van der Waals surface area contributed by atoms with Crippen LogP contribution in [0.5, 0.6) is 0 Å². The van der Waals surface area contributed by atoms with Gasteiger partial charge in [-0.3, -0.25) is 9.97 Å². The summed E-state index contributed by atoms with van der Waals surface area (Å²) in [6.45, 7) is 0. The van der Waals surface area contributed by atoms with Gasteiger partial charge in [0.25, 0.3) is 0 Å². The topological polar surface area (TPSA) is 77.8 Å². The highest BCUT2D eigenvalue weighted by atomic mass is 79.9. The summed E-state index contributed by atoms with van der Waals surface area (Å²) in [5.74, 6) is 0. The van der Waals surface area contributed by atoms with E-state index in [0.717, 1.165) is 15.7 Å². The Kier molecular flexibility index (Phi) is 3.71. The molecule has 88 valence electrons. The highest BCUT2D eigenvalue weighted by Gasteiger charge is 2.13. The lowest BCUT2D eigenvalue weighted by atomic mass is 10.0. The van der Waals surface area contributed by atoms with Gasteiger partial charge in [-0.1, -0.05) is 0 Å².